The number of benzene rings is 3. The summed E-state index contributed by atoms with van der Waals surface area (Å²) in [4.78, 5) is 46.1. The van der Waals surface area contributed by atoms with Crippen molar-refractivity contribution >= 4 is 23.1 Å². The SMILES string of the molecule is CC(C)(C)OC(=O)N1CCC[C@H]1c1ncc(-c2ccc3c(c2)OC(c2cccc(C#N)c2)n2c-3cc3cc(-c4cnc([C@@H]5CCCN5C(=O)OC(C)(C)C)[nH]4)ccc32)[nH]1. The van der Waals surface area contributed by atoms with Crippen LogP contribution in [0, 0.1) is 11.3 Å². The third-order valence-electron chi connectivity index (χ3n) is 11.1. The predicted octanol–water partition coefficient (Wildman–Crippen LogP) is 10.0. The van der Waals surface area contributed by atoms with Crippen molar-refractivity contribution in [1.82, 2.24) is 34.3 Å². The van der Waals surface area contributed by atoms with E-state index in [0.717, 1.165) is 87.6 Å². The number of hydrogen-bond acceptors (Lipinski definition) is 8. The maximum atomic E-state index is 13.0. The number of amides is 2. The number of aromatic amines is 2. The largest absolute Gasteiger partial charge is 0.465 e. The molecule has 59 heavy (non-hydrogen) atoms. The topological polar surface area (TPSA) is 154 Å². The number of carbonyl (C=O) groups is 2. The highest BCUT2D eigenvalue weighted by molar-refractivity contribution is 5.92. The highest BCUT2D eigenvalue weighted by atomic mass is 16.6. The molecule has 2 saturated heterocycles. The number of carbonyl (C=O) groups excluding carboxylic acids is 2. The van der Waals surface area contributed by atoms with Gasteiger partial charge in [0.25, 0.3) is 0 Å². The van der Waals surface area contributed by atoms with E-state index in [1.54, 1.807) is 22.1 Å². The van der Waals surface area contributed by atoms with Crippen LogP contribution in [0.2, 0.25) is 0 Å². The monoisotopic (exact) mass is 792 g/mol. The average Bonchev–Trinajstić information content (AvgIpc) is 4.04. The molecular formula is C46H48N8O5. The molecule has 2 fully saturated rings. The van der Waals surface area contributed by atoms with Gasteiger partial charge in [-0.25, -0.2) is 19.6 Å². The van der Waals surface area contributed by atoms with Gasteiger partial charge in [-0.3, -0.25) is 9.80 Å². The van der Waals surface area contributed by atoms with Crippen molar-refractivity contribution in [2.75, 3.05) is 13.1 Å². The van der Waals surface area contributed by atoms with E-state index in [-0.39, 0.29) is 24.3 Å². The first kappa shape index (κ1) is 38.0. The van der Waals surface area contributed by atoms with Crippen LogP contribution in [0.15, 0.2) is 79.1 Å². The van der Waals surface area contributed by atoms with Crippen LogP contribution in [-0.4, -0.2) is 70.8 Å². The average molecular weight is 793 g/mol. The first-order valence-electron chi connectivity index (χ1n) is 20.3. The molecule has 13 nitrogen and oxygen atoms in total. The molecule has 9 rings (SSSR count). The van der Waals surface area contributed by atoms with Crippen molar-refractivity contribution in [2.24, 2.45) is 0 Å². The van der Waals surface area contributed by atoms with E-state index in [2.05, 4.69) is 57.0 Å². The summed E-state index contributed by atoms with van der Waals surface area (Å²) in [5, 5.41) is 10.8. The molecule has 3 atom stereocenters. The Kier molecular flexibility index (Phi) is 9.26. The molecule has 2 amide bonds. The van der Waals surface area contributed by atoms with Crippen LogP contribution in [0.3, 0.4) is 0 Å². The van der Waals surface area contributed by atoms with Crippen LogP contribution in [0.1, 0.15) is 108 Å². The number of aromatic nitrogens is 5. The molecule has 3 aromatic carbocycles. The Morgan fingerprint density at radius 3 is 1.97 bits per heavy atom. The zero-order valence-corrected chi connectivity index (χ0v) is 34.2. The molecule has 0 bridgehead atoms. The zero-order valence-electron chi connectivity index (χ0n) is 34.2. The molecular weight excluding hydrogens is 745 g/mol. The summed E-state index contributed by atoms with van der Waals surface area (Å²) in [6.45, 7) is 12.5. The van der Waals surface area contributed by atoms with Gasteiger partial charge in [-0.05, 0) is 110 Å². The third kappa shape index (κ3) is 7.28. The minimum absolute atomic E-state index is 0.185. The van der Waals surface area contributed by atoms with Gasteiger partial charge in [-0.2, -0.15) is 5.26 Å². The second-order valence-electron chi connectivity index (χ2n) is 17.6. The summed E-state index contributed by atoms with van der Waals surface area (Å²) in [5.41, 5.74) is 6.63. The molecule has 6 heterocycles. The summed E-state index contributed by atoms with van der Waals surface area (Å²) in [5.74, 6) is 2.16. The first-order valence-corrected chi connectivity index (χ1v) is 20.3. The van der Waals surface area contributed by atoms with E-state index in [9.17, 15) is 14.9 Å². The zero-order chi connectivity index (χ0) is 41.2. The van der Waals surface area contributed by atoms with Crippen LogP contribution in [0.4, 0.5) is 9.59 Å². The minimum Gasteiger partial charge on any atom is -0.465 e. The Bertz CT molecular complexity index is 2640. The lowest BCUT2D eigenvalue weighted by Gasteiger charge is -2.30. The number of nitrogens with zero attached hydrogens (tertiary/aromatic N) is 6. The van der Waals surface area contributed by atoms with Crippen LogP contribution in [0.5, 0.6) is 5.75 Å². The van der Waals surface area contributed by atoms with E-state index in [0.29, 0.717) is 24.4 Å². The van der Waals surface area contributed by atoms with Crippen LogP contribution >= 0.6 is 0 Å². The maximum absolute atomic E-state index is 13.0. The Hall–Kier alpha value is -6.55. The highest BCUT2D eigenvalue weighted by Gasteiger charge is 2.37. The molecule has 3 aliphatic rings. The molecule has 3 aliphatic heterocycles. The van der Waals surface area contributed by atoms with Crippen molar-refractivity contribution in [2.45, 2.75) is 96.7 Å². The fraction of sp³-hybridized carbons (Fsp3) is 0.370. The molecule has 13 heteroatoms. The quantitative estimate of drug-likeness (QED) is 0.175. The van der Waals surface area contributed by atoms with Crippen molar-refractivity contribution in [3.05, 3.63) is 102 Å². The first-order chi connectivity index (χ1) is 28.2. The number of nitriles is 1. The van der Waals surface area contributed by atoms with E-state index < -0.39 is 17.4 Å². The van der Waals surface area contributed by atoms with Gasteiger partial charge in [0, 0.05) is 40.7 Å². The molecule has 1 unspecified atom stereocenters. The molecule has 0 saturated carbocycles. The Morgan fingerprint density at radius 1 is 0.780 bits per heavy atom. The maximum Gasteiger partial charge on any atom is 0.410 e. The Morgan fingerprint density at radius 2 is 1.37 bits per heavy atom. The summed E-state index contributed by atoms with van der Waals surface area (Å²) >= 11 is 0. The van der Waals surface area contributed by atoms with Gasteiger partial charge in [0.15, 0.2) is 0 Å². The lowest BCUT2D eigenvalue weighted by Crippen LogP contribution is -2.36. The van der Waals surface area contributed by atoms with Gasteiger partial charge in [0.05, 0.1) is 58.7 Å². The van der Waals surface area contributed by atoms with Crippen molar-refractivity contribution in [1.29, 1.82) is 5.26 Å². The summed E-state index contributed by atoms with van der Waals surface area (Å²) in [6.07, 6.45) is 5.77. The standard InChI is InChI=1S/C46H48N8O5/c1-45(2,3)58-43(55)52-18-8-12-36(52)40-48-25-33(50-40)28-15-17-35-31(21-28)22-38-32-16-14-29(23-39(32)57-42(54(35)38)30-11-7-10-27(20-30)24-47)34-26-49-41(51-34)37-13-9-19-53(37)44(56)59-46(4,5)6/h7,10-11,14-17,20-23,25-26,36-37,42H,8-9,12-13,18-19H2,1-6H3,(H,48,50)(H,49,51)/t36-,37-,42?/m0/s1. The molecule has 6 aromatic rings. The molecule has 0 aliphatic carbocycles. The number of ether oxygens (including phenoxy) is 3. The molecule has 0 radical (unpaired) electrons. The van der Waals surface area contributed by atoms with Gasteiger partial charge in [0.1, 0.15) is 28.6 Å². The highest BCUT2D eigenvalue weighted by Crippen LogP contribution is 2.46. The third-order valence-corrected chi connectivity index (χ3v) is 11.1. The Labute approximate surface area is 342 Å². The van der Waals surface area contributed by atoms with Gasteiger partial charge < -0.3 is 28.7 Å². The lowest BCUT2D eigenvalue weighted by molar-refractivity contribution is 0.0208. The van der Waals surface area contributed by atoms with E-state index in [4.69, 9.17) is 24.2 Å². The van der Waals surface area contributed by atoms with Gasteiger partial charge >= 0.3 is 12.2 Å². The van der Waals surface area contributed by atoms with Gasteiger partial charge in [-0.15, -0.1) is 0 Å². The summed E-state index contributed by atoms with van der Waals surface area (Å²) < 4.78 is 20.5. The smallest absolute Gasteiger partial charge is 0.410 e. The van der Waals surface area contributed by atoms with Gasteiger partial charge in [0.2, 0.25) is 6.23 Å². The molecule has 302 valence electrons. The normalized spacial score (nSPS) is 19.0. The predicted molar refractivity (Wildman–Crippen MR) is 222 cm³/mol. The van der Waals surface area contributed by atoms with Crippen LogP contribution in [0.25, 0.3) is 44.7 Å². The number of likely N-dealkylation sites (tertiary alicyclic amines) is 2. The van der Waals surface area contributed by atoms with Crippen LogP contribution < -0.4 is 4.74 Å². The Balaban J connectivity index is 1.05. The van der Waals surface area contributed by atoms with E-state index in [1.807, 2.05) is 72.0 Å². The number of fused-ring (bicyclic) bond motifs is 5. The molecule has 0 spiro atoms. The van der Waals surface area contributed by atoms with Crippen LogP contribution in [-0.2, 0) is 9.47 Å². The minimum atomic E-state index is -0.587. The fourth-order valence-corrected chi connectivity index (χ4v) is 8.50. The van der Waals surface area contributed by atoms with E-state index in [1.165, 1.54) is 0 Å². The van der Waals surface area contributed by atoms with Crippen molar-refractivity contribution in [3.63, 3.8) is 0 Å². The van der Waals surface area contributed by atoms with E-state index >= 15 is 0 Å². The fourth-order valence-electron chi connectivity index (χ4n) is 8.50. The van der Waals surface area contributed by atoms with Crippen molar-refractivity contribution < 1.29 is 23.8 Å². The number of rotatable bonds is 5. The number of imidazole rings is 2. The lowest BCUT2D eigenvalue weighted by atomic mass is 10.0. The molecule has 2 N–H and O–H groups in total. The number of H-pyrrole nitrogens is 2. The number of hydrogen-bond donors (Lipinski definition) is 2. The second kappa shape index (κ2) is 14.4. The number of nitrogens with one attached hydrogen (secondary N) is 2. The summed E-state index contributed by atoms with van der Waals surface area (Å²) in [6, 6.07) is 24.1. The second-order valence-corrected chi connectivity index (χ2v) is 17.6. The van der Waals surface area contributed by atoms with Gasteiger partial charge in [-0.1, -0.05) is 24.3 Å². The summed E-state index contributed by atoms with van der Waals surface area (Å²) in [7, 11) is 0. The molecule has 3 aromatic heterocycles. The van der Waals surface area contributed by atoms with Crippen molar-refractivity contribution in [3.8, 4) is 45.6 Å².